The molecule has 0 radical (unpaired) electrons. The zero-order chi connectivity index (χ0) is 16.0. The number of rotatable bonds is 8. The van der Waals surface area contributed by atoms with E-state index < -0.39 is 9.84 Å². The largest absolute Gasteiger partial charge is 0.326 e. The lowest BCUT2D eigenvalue weighted by Crippen LogP contribution is -2.34. The molecule has 21 heavy (non-hydrogen) atoms. The number of nitrogens with zero attached hydrogens (tertiary/aromatic N) is 1. The summed E-state index contributed by atoms with van der Waals surface area (Å²) in [7, 11) is -1.26. The molecule has 0 fully saturated rings. The molecule has 4 nitrogen and oxygen atoms in total. The minimum atomic E-state index is -3.25. The Morgan fingerprint density at radius 3 is 2.48 bits per heavy atom. The lowest BCUT2D eigenvalue weighted by molar-refractivity contribution is 0.240. The summed E-state index contributed by atoms with van der Waals surface area (Å²) < 4.78 is 24.8. The van der Waals surface area contributed by atoms with Crippen molar-refractivity contribution in [1.29, 1.82) is 0 Å². The molecule has 0 bridgehead atoms. The highest BCUT2D eigenvalue weighted by Crippen LogP contribution is 2.15. The number of sulfone groups is 1. The maximum absolute atomic E-state index is 12.4. The van der Waals surface area contributed by atoms with Crippen LogP contribution in [0, 0.1) is 5.92 Å². The minimum absolute atomic E-state index is 0.139. The average molecular weight is 312 g/mol. The van der Waals surface area contributed by atoms with Crippen LogP contribution in [0.1, 0.15) is 32.8 Å². The van der Waals surface area contributed by atoms with Gasteiger partial charge in [-0.3, -0.25) is 0 Å². The van der Waals surface area contributed by atoms with Crippen molar-refractivity contribution in [2.24, 2.45) is 11.7 Å². The normalized spacial score (nSPS) is 13.9. The van der Waals surface area contributed by atoms with E-state index in [-0.39, 0.29) is 5.75 Å². The molecule has 0 aliphatic rings. The van der Waals surface area contributed by atoms with Gasteiger partial charge in [0.15, 0.2) is 9.84 Å². The van der Waals surface area contributed by atoms with E-state index in [1.807, 2.05) is 13.1 Å². The summed E-state index contributed by atoms with van der Waals surface area (Å²) in [5.41, 5.74) is 6.41. The van der Waals surface area contributed by atoms with Crippen LogP contribution >= 0.6 is 0 Å². The van der Waals surface area contributed by atoms with Gasteiger partial charge < -0.3 is 10.6 Å². The van der Waals surface area contributed by atoms with Crippen LogP contribution in [-0.2, 0) is 16.4 Å². The van der Waals surface area contributed by atoms with Crippen LogP contribution in [0.3, 0.4) is 0 Å². The van der Waals surface area contributed by atoms with Gasteiger partial charge in [-0.2, -0.15) is 0 Å². The van der Waals surface area contributed by atoms with Crippen molar-refractivity contribution < 1.29 is 8.42 Å². The number of nitrogens with two attached hydrogens (primary N) is 1. The van der Waals surface area contributed by atoms with Gasteiger partial charge in [-0.25, -0.2) is 8.42 Å². The number of benzene rings is 1. The SMILES string of the molecule is CC(C)CC(C)N(C)CCS(=O)(=O)c1cccc(CN)c1. The molecule has 0 aliphatic heterocycles. The van der Waals surface area contributed by atoms with Gasteiger partial charge in [-0.15, -0.1) is 0 Å². The van der Waals surface area contributed by atoms with Crippen LogP contribution in [0.25, 0.3) is 0 Å². The van der Waals surface area contributed by atoms with E-state index in [1.165, 1.54) is 0 Å². The molecule has 0 amide bonds. The summed E-state index contributed by atoms with van der Waals surface area (Å²) in [5.74, 6) is 0.750. The van der Waals surface area contributed by atoms with E-state index >= 15 is 0 Å². The zero-order valence-corrected chi connectivity index (χ0v) is 14.4. The molecule has 0 aliphatic carbocycles. The zero-order valence-electron chi connectivity index (χ0n) is 13.5. The third-order valence-corrected chi connectivity index (χ3v) is 5.46. The topological polar surface area (TPSA) is 63.4 Å². The van der Waals surface area contributed by atoms with Crippen molar-refractivity contribution in [2.75, 3.05) is 19.3 Å². The highest BCUT2D eigenvalue weighted by Gasteiger charge is 2.18. The van der Waals surface area contributed by atoms with Crippen molar-refractivity contribution in [1.82, 2.24) is 4.90 Å². The molecule has 5 heteroatoms. The molecule has 0 saturated heterocycles. The smallest absolute Gasteiger partial charge is 0.179 e. The lowest BCUT2D eigenvalue weighted by atomic mass is 10.0. The van der Waals surface area contributed by atoms with Gasteiger partial charge in [0.25, 0.3) is 0 Å². The second kappa shape index (κ2) is 7.92. The van der Waals surface area contributed by atoms with Crippen molar-refractivity contribution in [3.8, 4) is 0 Å². The highest BCUT2D eigenvalue weighted by atomic mass is 32.2. The molecule has 2 N–H and O–H groups in total. The fourth-order valence-corrected chi connectivity index (χ4v) is 3.71. The highest BCUT2D eigenvalue weighted by molar-refractivity contribution is 7.91. The van der Waals surface area contributed by atoms with E-state index in [9.17, 15) is 8.42 Å². The number of hydrogen-bond donors (Lipinski definition) is 1. The van der Waals surface area contributed by atoms with Gasteiger partial charge in [-0.05, 0) is 44.0 Å². The predicted octanol–water partition coefficient (Wildman–Crippen LogP) is 2.29. The summed E-state index contributed by atoms with van der Waals surface area (Å²) in [4.78, 5) is 2.49. The first kappa shape index (κ1) is 18.1. The summed E-state index contributed by atoms with van der Waals surface area (Å²) in [5, 5.41) is 0. The first-order valence-corrected chi connectivity index (χ1v) is 9.13. The van der Waals surface area contributed by atoms with Crippen LogP contribution in [0.5, 0.6) is 0 Å². The Labute approximate surface area is 129 Å². The molecular weight excluding hydrogens is 284 g/mol. The Morgan fingerprint density at radius 2 is 1.90 bits per heavy atom. The van der Waals surface area contributed by atoms with Crippen LogP contribution in [0.4, 0.5) is 0 Å². The van der Waals surface area contributed by atoms with Gasteiger partial charge in [0.1, 0.15) is 0 Å². The first-order valence-electron chi connectivity index (χ1n) is 7.48. The molecule has 1 atom stereocenters. The van der Waals surface area contributed by atoms with Crippen molar-refractivity contribution >= 4 is 9.84 Å². The van der Waals surface area contributed by atoms with Crippen LogP contribution in [-0.4, -0.2) is 38.7 Å². The van der Waals surface area contributed by atoms with E-state index in [1.54, 1.807) is 18.2 Å². The number of hydrogen-bond acceptors (Lipinski definition) is 4. The van der Waals surface area contributed by atoms with E-state index in [4.69, 9.17) is 5.73 Å². The standard InChI is InChI=1S/C16H28N2O2S/c1-13(2)10-14(3)18(4)8-9-21(19,20)16-7-5-6-15(11-16)12-17/h5-7,11,13-14H,8-10,12,17H2,1-4H3. The molecule has 0 saturated carbocycles. The monoisotopic (exact) mass is 312 g/mol. The summed E-state index contributed by atoms with van der Waals surface area (Å²) in [6.45, 7) is 7.40. The van der Waals surface area contributed by atoms with Crippen LogP contribution in [0.2, 0.25) is 0 Å². The van der Waals surface area contributed by atoms with Gasteiger partial charge in [0.2, 0.25) is 0 Å². The Bertz CT molecular complexity index is 541. The van der Waals surface area contributed by atoms with E-state index in [2.05, 4.69) is 25.7 Å². The predicted molar refractivity (Wildman–Crippen MR) is 87.9 cm³/mol. The third-order valence-electron chi connectivity index (χ3n) is 3.77. The van der Waals surface area contributed by atoms with Crippen molar-refractivity contribution in [3.63, 3.8) is 0 Å². The molecular formula is C16H28N2O2S. The van der Waals surface area contributed by atoms with Crippen molar-refractivity contribution in [2.45, 2.75) is 44.7 Å². The third kappa shape index (κ3) is 5.77. The van der Waals surface area contributed by atoms with Gasteiger partial charge in [0.05, 0.1) is 10.6 Å². The van der Waals surface area contributed by atoms with Gasteiger partial charge >= 0.3 is 0 Å². The maximum atomic E-state index is 12.4. The Balaban J connectivity index is 2.68. The molecule has 1 unspecified atom stereocenters. The quantitative estimate of drug-likeness (QED) is 0.800. The second-order valence-electron chi connectivity index (χ2n) is 6.13. The van der Waals surface area contributed by atoms with E-state index in [0.29, 0.717) is 29.9 Å². The average Bonchev–Trinajstić information content (AvgIpc) is 2.44. The fraction of sp³-hybridized carbons (Fsp3) is 0.625. The van der Waals surface area contributed by atoms with Crippen molar-refractivity contribution in [3.05, 3.63) is 29.8 Å². The molecule has 0 spiro atoms. The molecule has 1 aromatic carbocycles. The molecule has 1 aromatic rings. The van der Waals surface area contributed by atoms with Gasteiger partial charge in [-0.1, -0.05) is 26.0 Å². The molecule has 0 heterocycles. The Kier molecular flexibility index (Phi) is 6.84. The minimum Gasteiger partial charge on any atom is -0.326 e. The van der Waals surface area contributed by atoms with Crippen LogP contribution < -0.4 is 5.73 Å². The fourth-order valence-electron chi connectivity index (χ4n) is 2.33. The lowest BCUT2D eigenvalue weighted by Gasteiger charge is -2.26. The molecule has 0 aromatic heterocycles. The molecule has 1 rings (SSSR count). The Hall–Kier alpha value is -0.910. The second-order valence-corrected chi connectivity index (χ2v) is 8.24. The Morgan fingerprint density at radius 1 is 1.24 bits per heavy atom. The first-order chi connectivity index (χ1) is 9.76. The molecule has 120 valence electrons. The summed E-state index contributed by atoms with van der Waals surface area (Å²) in [6, 6.07) is 7.30. The summed E-state index contributed by atoms with van der Waals surface area (Å²) in [6.07, 6.45) is 1.07. The summed E-state index contributed by atoms with van der Waals surface area (Å²) >= 11 is 0. The van der Waals surface area contributed by atoms with Gasteiger partial charge in [0, 0.05) is 19.1 Å². The van der Waals surface area contributed by atoms with Crippen LogP contribution in [0.15, 0.2) is 29.2 Å². The van der Waals surface area contributed by atoms with E-state index in [0.717, 1.165) is 12.0 Å². The maximum Gasteiger partial charge on any atom is 0.179 e.